The molecule has 0 saturated heterocycles. The van der Waals surface area contributed by atoms with Crippen LogP contribution in [0.1, 0.15) is 22.8 Å². The molecule has 2 N–H and O–H groups in total. The first-order chi connectivity index (χ1) is 18.1. The van der Waals surface area contributed by atoms with Gasteiger partial charge in [0, 0.05) is 32.4 Å². The van der Waals surface area contributed by atoms with Crippen molar-refractivity contribution in [2.75, 3.05) is 13.6 Å². The number of furan rings is 1. The minimum absolute atomic E-state index is 0.801. The van der Waals surface area contributed by atoms with Gasteiger partial charge in [-0.25, -0.2) is 14.6 Å². The quantitative estimate of drug-likeness (QED) is 0.424. The lowest BCUT2D eigenvalue weighted by molar-refractivity contribution is -0.193. The van der Waals surface area contributed by atoms with E-state index >= 15 is 0 Å². The summed E-state index contributed by atoms with van der Waals surface area (Å²) in [6.07, 6.45) is -6.24. The van der Waals surface area contributed by atoms with Crippen LogP contribution in [0.5, 0.6) is 0 Å². The van der Waals surface area contributed by atoms with E-state index in [-0.39, 0.29) is 0 Å². The third-order valence-corrected chi connectivity index (χ3v) is 5.10. The number of benzene rings is 1. The zero-order valence-corrected chi connectivity index (χ0v) is 20.6. The molecule has 0 aliphatic carbocycles. The van der Waals surface area contributed by atoms with Gasteiger partial charge in [0.25, 0.3) is 0 Å². The molecular formula is C24H26F6N4O5. The molecule has 0 spiro atoms. The molecule has 0 saturated carbocycles. The van der Waals surface area contributed by atoms with Crippen LogP contribution in [0.15, 0.2) is 59.3 Å². The molecule has 0 radical (unpaired) electrons. The van der Waals surface area contributed by atoms with Crippen molar-refractivity contribution in [1.29, 1.82) is 0 Å². The van der Waals surface area contributed by atoms with Gasteiger partial charge in [-0.3, -0.25) is 9.80 Å². The molecule has 214 valence electrons. The van der Waals surface area contributed by atoms with Gasteiger partial charge in [0.05, 0.1) is 25.0 Å². The summed E-state index contributed by atoms with van der Waals surface area (Å²) in [7, 11) is 2.10. The van der Waals surface area contributed by atoms with E-state index < -0.39 is 24.3 Å². The van der Waals surface area contributed by atoms with Crippen molar-refractivity contribution < 1.29 is 50.6 Å². The Hall–Kier alpha value is -3.85. The number of carboxylic acid groups (broad SMARTS) is 2. The normalized spacial score (nSPS) is 13.5. The number of imidazole rings is 1. The molecule has 3 heterocycles. The monoisotopic (exact) mass is 564 g/mol. The highest BCUT2D eigenvalue weighted by Crippen LogP contribution is 2.17. The first kappa shape index (κ1) is 31.4. The Bertz CT molecular complexity index is 1160. The van der Waals surface area contributed by atoms with Crippen LogP contribution < -0.4 is 0 Å². The van der Waals surface area contributed by atoms with Crippen LogP contribution in [-0.2, 0) is 42.3 Å². The molecule has 0 unspecified atom stereocenters. The predicted octanol–water partition coefficient (Wildman–Crippen LogP) is 4.39. The molecule has 1 aliphatic rings. The van der Waals surface area contributed by atoms with E-state index in [9.17, 15) is 26.3 Å². The van der Waals surface area contributed by atoms with Gasteiger partial charge in [0.2, 0.25) is 0 Å². The largest absolute Gasteiger partial charge is 0.490 e. The average Bonchev–Trinajstić information content (AvgIpc) is 3.48. The SMILES string of the molecule is CN(Cc1cn2c(n1)CN(Cc1ccccc1)CC2)Cc1ccco1.O=C(O)C(F)(F)F.O=C(O)C(F)(F)F. The summed E-state index contributed by atoms with van der Waals surface area (Å²) < 4.78 is 71.2. The van der Waals surface area contributed by atoms with Crippen molar-refractivity contribution in [3.63, 3.8) is 0 Å². The number of halogens is 6. The fraction of sp³-hybridized carbons (Fsp3) is 0.375. The molecule has 2 aromatic heterocycles. The van der Waals surface area contributed by atoms with Gasteiger partial charge in [0.1, 0.15) is 11.6 Å². The number of alkyl halides is 6. The van der Waals surface area contributed by atoms with Crippen LogP contribution in [-0.4, -0.2) is 67.4 Å². The Morgan fingerprint density at radius 2 is 1.54 bits per heavy atom. The van der Waals surface area contributed by atoms with Crippen LogP contribution in [0.4, 0.5) is 26.3 Å². The fourth-order valence-corrected chi connectivity index (χ4v) is 3.42. The topological polar surface area (TPSA) is 112 Å². The molecule has 0 fully saturated rings. The maximum absolute atomic E-state index is 10.6. The van der Waals surface area contributed by atoms with Crippen molar-refractivity contribution in [3.05, 3.63) is 77.8 Å². The highest BCUT2D eigenvalue weighted by atomic mass is 19.4. The van der Waals surface area contributed by atoms with Crippen LogP contribution in [0.3, 0.4) is 0 Å². The summed E-state index contributed by atoms with van der Waals surface area (Å²) in [5.41, 5.74) is 2.49. The molecule has 4 rings (SSSR count). The summed E-state index contributed by atoms with van der Waals surface area (Å²) in [5, 5.41) is 14.2. The molecule has 0 atom stereocenters. The van der Waals surface area contributed by atoms with Gasteiger partial charge >= 0.3 is 24.3 Å². The van der Waals surface area contributed by atoms with Gasteiger partial charge in [0.15, 0.2) is 0 Å². The van der Waals surface area contributed by atoms with Crippen LogP contribution >= 0.6 is 0 Å². The van der Waals surface area contributed by atoms with Crippen molar-refractivity contribution in [2.24, 2.45) is 0 Å². The van der Waals surface area contributed by atoms with Crippen LogP contribution in [0.2, 0.25) is 0 Å². The number of carbonyl (C=O) groups is 2. The highest BCUT2D eigenvalue weighted by Gasteiger charge is 2.38. The Morgan fingerprint density at radius 1 is 0.949 bits per heavy atom. The molecule has 1 aliphatic heterocycles. The van der Waals surface area contributed by atoms with Crippen LogP contribution in [0.25, 0.3) is 0 Å². The molecule has 1 aromatic carbocycles. The minimum Gasteiger partial charge on any atom is -0.475 e. The summed E-state index contributed by atoms with van der Waals surface area (Å²) in [5.74, 6) is -3.36. The number of fused-ring (bicyclic) bond motifs is 1. The number of rotatable bonds is 6. The average molecular weight is 564 g/mol. The first-order valence-corrected chi connectivity index (χ1v) is 11.3. The smallest absolute Gasteiger partial charge is 0.475 e. The fourth-order valence-electron chi connectivity index (χ4n) is 3.42. The molecule has 3 aromatic rings. The summed E-state index contributed by atoms with van der Waals surface area (Å²) in [4.78, 5) is 27.3. The molecular weight excluding hydrogens is 538 g/mol. The van der Waals surface area contributed by atoms with Gasteiger partial charge in [-0.1, -0.05) is 30.3 Å². The molecule has 15 heteroatoms. The summed E-state index contributed by atoms with van der Waals surface area (Å²) in [6, 6.07) is 14.6. The third-order valence-electron chi connectivity index (χ3n) is 5.10. The summed E-state index contributed by atoms with van der Waals surface area (Å²) >= 11 is 0. The van der Waals surface area contributed by atoms with E-state index in [1.165, 1.54) is 11.4 Å². The lowest BCUT2D eigenvalue weighted by Gasteiger charge is -2.27. The van der Waals surface area contributed by atoms with Crippen molar-refractivity contribution in [1.82, 2.24) is 19.4 Å². The van der Waals surface area contributed by atoms with Crippen molar-refractivity contribution >= 4 is 11.9 Å². The van der Waals surface area contributed by atoms with Crippen molar-refractivity contribution in [3.8, 4) is 0 Å². The maximum atomic E-state index is 10.6. The van der Waals surface area contributed by atoms with E-state index in [0.717, 1.165) is 50.7 Å². The first-order valence-electron chi connectivity index (χ1n) is 11.3. The maximum Gasteiger partial charge on any atom is 0.490 e. The van der Waals surface area contributed by atoms with Crippen LogP contribution in [0, 0.1) is 0 Å². The number of hydrogen-bond acceptors (Lipinski definition) is 6. The number of hydrogen-bond donors (Lipinski definition) is 2. The minimum atomic E-state index is -5.08. The lowest BCUT2D eigenvalue weighted by atomic mass is 10.2. The zero-order valence-electron chi connectivity index (χ0n) is 20.6. The molecule has 39 heavy (non-hydrogen) atoms. The molecule has 0 amide bonds. The predicted molar refractivity (Wildman–Crippen MR) is 124 cm³/mol. The summed E-state index contributed by atoms with van der Waals surface area (Å²) in [6.45, 7) is 5.62. The van der Waals surface area contributed by atoms with Gasteiger partial charge < -0.3 is 19.2 Å². The number of nitrogens with zero attached hydrogens (tertiary/aromatic N) is 4. The standard InChI is InChI=1S/C20H24N4O.2C2HF3O2/c1-22(15-19-8-5-11-25-19)13-18-14-24-10-9-23(16-20(24)21-18)12-17-6-3-2-4-7-17;2*3-2(4,5)1(6)7/h2-8,11,14H,9-10,12-13,15-16H2,1H3;2*(H,6,7). The Labute approximate surface area is 218 Å². The number of carboxylic acids is 2. The van der Waals surface area contributed by atoms with E-state index in [4.69, 9.17) is 29.2 Å². The highest BCUT2D eigenvalue weighted by molar-refractivity contribution is 5.73. The Balaban J connectivity index is 0.000000317. The number of aliphatic carboxylic acids is 2. The van der Waals surface area contributed by atoms with Crippen molar-refractivity contribution in [2.45, 2.75) is 45.1 Å². The van der Waals surface area contributed by atoms with E-state index in [2.05, 4.69) is 57.9 Å². The number of aromatic nitrogens is 2. The van der Waals surface area contributed by atoms with Gasteiger partial charge in [-0.2, -0.15) is 26.3 Å². The Kier molecular flexibility index (Phi) is 11.1. The van der Waals surface area contributed by atoms with E-state index in [1.807, 2.05) is 12.1 Å². The third kappa shape index (κ3) is 11.2. The second kappa shape index (κ2) is 13.8. The van der Waals surface area contributed by atoms with E-state index in [1.54, 1.807) is 6.26 Å². The molecule has 0 bridgehead atoms. The Morgan fingerprint density at radius 3 is 2.05 bits per heavy atom. The van der Waals surface area contributed by atoms with Gasteiger partial charge in [-0.15, -0.1) is 0 Å². The zero-order chi connectivity index (χ0) is 29.2. The van der Waals surface area contributed by atoms with E-state index in [0.29, 0.717) is 0 Å². The second-order valence-electron chi connectivity index (χ2n) is 8.40. The lowest BCUT2D eigenvalue weighted by Crippen LogP contribution is -2.33. The molecule has 9 nitrogen and oxygen atoms in total. The van der Waals surface area contributed by atoms with Gasteiger partial charge in [-0.05, 0) is 24.7 Å². The second-order valence-corrected chi connectivity index (χ2v) is 8.40.